The quantitative estimate of drug-likeness (QED) is 0.632. The molecule has 0 aromatic heterocycles. The number of Topliss-reactive ketones (excluding diaryl/α,β-unsaturated/α-hetero) is 1. The molecule has 6 heteroatoms. The van der Waals surface area contributed by atoms with Crippen LogP contribution in [0.25, 0.3) is 0 Å². The van der Waals surface area contributed by atoms with Gasteiger partial charge in [-0.2, -0.15) is 0 Å². The second-order valence-corrected chi connectivity index (χ2v) is 7.37. The van der Waals surface area contributed by atoms with Crippen molar-refractivity contribution >= 4 is 29.0 Å². The summed E-state index contributed by atoms with van der Waals surface area (Å²) in [5.41, 5.74) is -0.135. The molecular formula is C23H17ClFNO3. The second-order valence-electron chi connectivity index (χ2n) is 6.97. The van der Waals surface area contributed by atoms with Gasteiger partial charge in [-0.3, -0.25) is 9.59 Å². The first-order valence-corrected chi connectivity index (χ1v) is 9.44. The van der Waals surface area contributed by atoms with Crippen molar-refractivity contribution in [1.82, 2.24) is 0 Å². The van der Waals surface area contributed by atoms with E-state index in [0.717, 1.165) is 5.56 Å². The summed E-state index contributed by atoms with van der Waals surface area (Å²) in [6.45, 7) is 0.169. The van der Waals surface area contributed by atoms with Crippen LogP contribution in [0, 0.1) is 5.82 Å². The molecule has 0 radical (unpaired) electrons. The van der Waals surface area contributed by atoms with E-state index in [1.807, 2.05) is 6.07 Å². The van der Waals surface area contributed by atoms with E-state index in [1.165, 1.54) is 29.2 Å². The van der Waals surface area contributed by atoms with Crippen molar-refractivity contribution < 1.29 is 19.1 Å². The summed E-state index contributed by atoms with van der Waals surface area (Å²) in [7, 11) is 0. The van der Waals surface area contributed by atoms with Crippen molar-refractivity contribution in [3.05, 3.63) is 100 Å². The molecule has 4 nitrogen and oxygen atoms in total. The van der Waals surface area contributed by atoms with Gasteiger partial charge in [0.2, 0.25) is 0 Å². The average molecular weight is 410 g/mol. The average Bonchev–Trinajstić information content (AvgIpc) is 2.92. The van der Waals surface area contributed by atoms with Gasteiger partial charge < -0.3 is 10.0 Å². The zero-order chi connectivity index (χ0) is 20.6. The predicted molar refractivity (Wildman–Crippen MR) is 108 cm³/mol. The summed E-state index contributed by atoms with van der Waals surface area (Å²) in [6, 6.07) is 19.0. The van der Waals surface area contributed by atoms with E-state index in [2.05, 4.69) is 0 Å². The van der Waals surface area contributed by atoms with E-state index in [9.17, 15) is 19.1 Å². The van der Waals surface area contributed by atoms with Crippen LogP contribution in [0.5, 0.6) is 0 Å². The zero-order valence-corrected chi connectivity index (χ0v) is 16.1. The standard InChI is InChI=1S/C23H17ClFNO3/c24-19-7-3-1-5-16(19)14-26-20-8-4-2-6-18(20)23(29,22(26)28)13-21(27)15-9-11-17(25)12-10-15/h1-12,29H,13-14H2/t23-/m0/s1. The van der Waals surface area contributed by atoms with Crippen LogP contribution in [-0.2, 0) is 16.9 Å². The van der Waals surface area contributed by atoms with E-state index in [4.69, 9.17) is 11.6 Å². The maximum absolute atomic E-state index is 13.2. The van der Waals surface area contributed by atoms with E-state index in [1.54, 1.807) is 42.5 Å². The van der Waals surface area contributed by atoms with Crippen LogP contribution in [0.2, 0.25) is 5.02 Å². The topological polar surface area (TPSA) is 57.6 Å². The first-order valence-electron chi connectivity index (χ1n) is 9.06. The molecule has 146 valence electrons. The first kappa shape index (κ1) is 19.3. The summed E-state index contributed by atoms with van der Waals surface area (Å²) >= 11 is 6.24. The lowest BCUT2D eigenvalue weighted by molar-refractivity contribution is -0.136. The maximum Gasteiger partial charge on any atom is 0.264 e. The van der Waals surface area contributed by atoms with Crippen molar-refractivity contribution in [3.63, 3.8) is 0 Å². The zero-order valence-electron chi connectivity index (χ0n) is 15.3. The van der Waals surface area contributed by atoms with Crippen LogP contribution in [0.15, 0.2) is 72.8 Å². The van der Waals surface area contributed by atoms with Crippen molar-refractivity contribution in [2.75, 3.05) is 4.90 Å². The van der Waals surface area contributed by atoms with Crippen molar-refractivity contribution in [1.29, 1.82) is 0 Å². The van der Waals surface area contributed by atoms with Gasteiger partial charge in [-0.05, 0) is 42.0 Å². The number of fused-ring (bicyclic) bond motifs is 1. The van der Waals surface area contributed by atoms with Crippen LogP contribution in [0.1, 0.15) is 27.9 Å². The van der Waals surface area contributed by atoms with Crippen molar-refractivity contribution in [2.24, 2.45) is 0 Å². The van der Waals surface area contributed by atoms with Crippen LogP contribution >= 0.6 is 11.6 Å². The molecule has 1 aliphatic rings. The number of benzene rings is 3. The predicted octanol–water partition coefficient (Wildman–Crippen LogP) is 4.49. The first-order chi connectivity index (χ1) is 13.9. The lowest BCUT2D eigenvalue weighted by Crippen LogP contribution is -2.41. The molecule has 1 heterocycles. The number of amides is 1. The Morgan fingerprint density at radius 2 is 1.66 bits per heavy atom. The fraction of sp³-hybridized carbons (Fsp3) is 0.130. The fourth-order valence-electron chi connectivity index (χ4n) is 3.60. The Bertz CT molecular complexity index is 1100. The van der Waals surface area contributed by atoms with Crippen molar-refractivity contribution in [3.8, 4) is 0 Å². The van der Waals surface area contributed by atoms with Gasteiger partial charge in [0.1, 0.15) is 5.82 Å². The number of para-hydroxylation sites is 1. The molecule has 1 aliphatic heterocycles. The molecular weight excluding hydrogens is 393 g/mol. The monoisotopic (exact) mass is 409 g/mol. The van der Waals surface area contributed by atoms with Crippen LogP contribution in [-0.4, -0.2) is 16.8 Å². The number of hydrogen-bond acceptors (Lipinski definition) is 3. The molecule has 29 heavy (non-hydrogen) atoms. The Morgan fingerprint density at radius 3 is 2.38 bits per heavy atom. The molecule has 3 aromatic rings. The Labute approximate surface area is 172 Å². The second kappa shape index (κ2) is 7.43. The van der Waals surface area contributed by atoms with Gasteiger partial charge in [-0.1, -0.05) is 48.0 Å². The molecule has 1 amide bonds. The van der Waals surface area contributed by atoms with Crippen molar-refractivity contribution in [2.45, 2.75) is 18.6 Å². The summed E-state index contributed by atoms with van der Waals surface area (Å²) in [5.74, 6) is -1.50. The highest BCUT2D eigenvalue weighted by molar-refractivity contribution is 6.31. The molecule has 0 aliphatic carbocycles. The van der Waals surface area contributed by atoms with E-state index < -0.39 is 29.5 Å². The number of ketones is 1. The Balaban J connectivity index is 1.69. The Hall–Kier alpha value is -3.02. The normalized spacial score (nSPS) is 18.0. The smallest absolute Gasteiger partial charge is 0.264 e. The summed E-state index contributed by atoms with van der Waals surface area (Å²) in [5, 5.41) is 11.8. The number of carbonyl (C=O) groups is 2. The van der Waals surface area contributed by atoms with Crippen LogP contribution in [0.4, 0.5) is 10.1 Å². The summed E-state index contributed by atoms with van der Waals surface area (Å²) in [4.78, 5) is 27.4. The van der Waals surface area contributed by atoms with Gasteiger partial charge in [-0.15, -0.1) is 0 Å². The number of halogens is 2. The molecule has 0 bridgehead atoms. The molecule has 3 aromatic carbocycles. The number of hydrogen-bond donors (Lipinski definition) is 1. The van der Waals surface area contributed by atoms with Gasteiger partial charge in [-0.25, -0.2) is 4.39 Å². The number of nitrogens with zero attached hydrogens (tertiary/aromatic N) is 1. The molecule has 0 spiro atoms. The van der Waals surface area contributed by atoms with Gasteiger partial charge >= 0.3 is 0 Å². The molecule has 0 saturated carbocycles. The highest BCUT2D eigenvalue weighted by Gasteiger charge is 2.50. The molecule has 4 rings (SSSR count). The Morgan fingerprint density at radius 1 is 1.00 bits per heavy atom. The molecule has 1 atom stereocenters. The Kier molecular flexibility index (Phi) is 4.94. The van der Waals surface area contributed by atoms with Gasteiger partial charge in [0, 0.05) is 16.1 Å². The maximum atomic E-state index is 13.2. The number of carbonyl (C=O) groups excluding carboxylic acids is 2. The SMILES string of the molecule is O=C(C[C@@]1(O)C(=O)N(Cc2ccccc2Cl)c2ccccc21)c1ccc(F)cc1. The lowest BCUT2D eigenvalue weighted by Gasteiger charge is -2.23. The van der Waals surface area contributed by atoms with E-state index >= 15 is 0 Å². The van der Waals surface area contributed by atoms with Gasteiger partial charge in [0.25, 0.3) is 5.91 Å². The minimum atomic E-state index is -2.00. The minimum absolute atomic E-state index is 0.169. The molecule has 1 N–H and O–H groups in total. The third kappa shape index (κ3) is 3.43. The fourth-order valence-corrected chi connectivity index (χ4v) is 3.80. The molecule has 0 unspecified atom stereocenters. The highest BCUT2D eigenvalue weighted by atomic mass is 35.5. The lowest BCUT2D eigenvalue weighted by atomic mass is 9.88. The van der Waals surface area contributed by atoms with E-state index in [-0.39, 0.29) is 12.1 Å². The summed E-state index contributed by atoms with van der Waals surface area (Å²) < 4.78 is 13.1. The highest BCUT2D eigenvalue weighted by Crippen LogP contribution is 2.43. The van der Waals surface area contributed by atoms with E-state index in [0.29, 0.717) is 16.3 Å². The number of rotatable bonds is 5. The summed E-state index contributed by atoms with van der Waals surface area (Å²) in [6.07, 6.45) is -0.437. The van der Waals surface area contributed by atoms with Crippen LogP contribution in [0.3, 0.4) is 0 Å². The molecule has 0 saturated heterocycles. The third-order valence-electron chi connectivity index (χ3n) is 5.11. The minimum Gasteiger partial charge on any atom is -0.375 e. The number of anilines is 1. The largest absolute Gasteiger partial charge is 0.375 e. The van der Waals surface area contributed by atoms with Crippen LogP contribution < -0.4 is 4.90 Å². The number of aliphatic hydroxyl groups is 1. The van der Waals surface area contributed by atoms with Gasteiger partial charge in [0.15, 0.2) is 11.4 Å². The third-order valence-corrected chi connectivity index (χ3v) is 5.48. The van der Waals surface area contributed by atoms with Gasteiger partial charge in [0.05, 0.1) is 18.7 Å². The molecule has 0 fully saturated rings.